The fourth-order valence-electron chi connectivity index (χ4n) is 2.79. The monoisotopic (exact) mass is 311 g/mol. The molecule has 2 rings (SSSR count). The number of rotatable bonds is 4. The molecule has 0 bridgehead atoms. The predicted molar refractivity (Wildman–Crippen MR) is 79.2 cm³/mol. The Labute approximate surface area is 118 Å². The molecule has 1 aliphatic rings. The van der Waals surface area contributed by atoms with E-state index in [0.717, 1.165) is 29.1 Å². The van der Waals surface area contributed by atoms with E-state index in [1.165, 1.54) is 24.8 Å². The summed E-state index contributed by atoms with van der Waals surface area (Å²) in [6.07, 6.45) is 4.96. The average molecular weight is 312 g/mol. The minimum absolute atomic E-state index is 0.590. The molecule has 0 amide bonds. The van der Waals surface area contributed by atoms with Crippen LogP contribution < -0.4 is 10.1 Å². The molecule has 100 valence electrons. The van der Waals surface area contributed by atoms with Gasteiger partial charge in [0, 0.05) is 10.5 Å². The molecule has 0 spiro atoms. The van der Waals surface area contributed by atoms with Crippen molar-refractivity contribution >= 4 is 15.9 Å². The second-order valence-corrected chi connectivity index (χ2v) is 6.03. The van der Waals surface area contributed by atoms with Crippen molar-refractivity contribution in [1.29, 1.82) is 0 Å². The van der Waals surface area contributed by atoms with Gasteiger partial charge in [-0.15, -0.1) is 0 Å². The Morgan fingerprint density at radius 2 is 2.28 bits per heavy atom. The van der Waals surface area contributed by atoms with Crippen LogP contribution in [0.4, 0.5) is 0 Å². The van der Waals surface area contributed by atoms with Crippen molar-refractivity contribution in [2.45, 2.75) is 38.6 Å². The molecule has 1 fully saturated rings. The van der Waals surface area contributed by atoms with Gasteiger partial charge in [0.05, 0.1) is 7.11 Å². The lowest BCUT2D eigenvalue weighted by molar-refractivity contribution is 0.292. The van der Waals surface area contributed by atoms with Crippen LogP contribution in [0.15, 0.2) is 22.7 Å². The summed E-state index contributed by atoms with van der Waals surface area (Å²) in [4.78, 5) is 0. The van der Waals surface area contributed by atoms with Crippen molar-refractivity contribution in [1.82, 2.24) is 5.32 Å². The van der Waals surface area contributed by atoms with Crippen LogP contribution >= 0.6 is 15.9 Å². The Hall–Kier alpha value is -0.540. The third-order valence-electron chi connectivity index (χ3n) is 3.89. The van der Waals surface area contributed by atoms with Crippen LogP contribution in [-0.2, 0) is 6.42 Å². The van der Waals surface area contributed by atoms with E-state index in [4.69, 9.17) is 4.74 Å². The van der Waals surface area contributed by atoms with E-state index in [1.807, 2.05) is 12.1 Å². The molecule has 2 atom stereocenters. The highest BCUT2D eigenvalue weighted by molar-refractivity contribution is 9.10. The second kappa shape index (κ2) is 6.58. The lowest BCUT2D eigenvalue weighted by atomic mass is 9.87. The van der Waals surface area contributed by atoms with Crippen LogP contribution in [0.3, 0.4) is 0 Å². The number of piperidine rings is 1. The summed E-state index contributed by atoms with van der Waals surface area (Å²) < 4.78 is 6.57. The lowest BCUT2D eigenvalue weighted by Gasteiger charge is -2.30. The molecule has 1 N–H and O–H groups in total. The van der Waals surface area contributed by atoms with Gasteiger partial charge in [0.25, 0.3) is 0 Å². The quantitative estimate of drug-likeness (QED) is 0.913. The SMILES string of the molecule is CCC1CCNC(Cc2cc(Br)ccc2OC)C1. The van der Waals surface area contributed by atoms with Crippen LogP contribution in [0.5, 0.6) is 5.75 Å². The van der Waals surface area contributed by atoms with Crippen LogP contribution in [0.25, 0.3) is 0 Å². The van der Waals surface area contributed by atoms with E-state index in [-0.39, 0.29) is 0 Å². The predicted octanol–water partition coefficient (Wildman–Crippen LogP) is 3.78. The molecule has 2 nitrogen and oxygen atoms in total. The molecular weight excluding hydrogens is 290 g/mol. The first-order chi connectivity index (χ1) is 8.72. The molecule has 0 aromatic heterocycles. The lowest BCUT2D eigenvalue weighted by Crippen LogP contribution is -2.39. The molecule has 1 aromatic rings. The number of ether oxygens (including phenoxy) is 1. The van der Waals surface area contributed by atoms with Gasteiger partial charge in [0.2, 0.25) is 0 Å². The number of methoxy groups -OCH3 is 1. The van der Waals surface area contributed by atoms with Crippen LogP contribution in [0.1, 0.15) is 31.7 Å². The van der Waals surface area contributed by atoms with Gasteiger partial charge in [-0.2, -0.15) is 0 Å². The third kappa shape index (κ3) is 3.48. The summed E-state index contributed by atoms with van der Waals surface area (Å²) in [5, 5.41) is 3.63. The molecule has 1 aliphatic heterocycles. The third-order valence-corrected chi connectivity index (χ3v) is 4.38. The normalized spacial score (nSPS) is 23.9. The van der Waals surface area contributed by atoms with Crippen molar-refractivity contribution < 1.29 is 4.74 Å². The summed E-state index contributed by atoms with van der Waals surface area (Å²) in [7, 11) is 1.75. The molecule has 0 aliphatic carbocycles. The molecule has 1 aromatic carbocycles. The fraction of sp³-hybridized carbons (Fsp3) is 0.600. The van der Waals surface area contributed by atoms with Crippen LogP contribution in [0, 0.1) is 5.92 Å². The van der Waals surface area contributed by atoms with Gasteiger partial charge in [-0.1, -0.05) is 29.3 Å². The summed E-state index contributed by atoms with van der Waals surface area (Å²) >= 11 is 3.54. The van der Waals surface area contributed by atoms with E-state index >= 15 is 0 Å². The second-order valence-electron chi connectivity index (χ2n) is 5.11. The van der Waals surface area contributed by atoms with Gasteiger partial charge in [-0.3, -0.25) is 0 Å². The molecule has 18 heavy (non-hydrogen) atoms. The van der Waals surface area contributed by atoms with Gasteiger partial charge >= 0.3 is 0 Å². The van der Waals surface area contributed by atoms with Crippen molar-refractivity contribution in [2.75, 3.05) is 13.7 Å². The molecule has 2 unspecified atom stereocenters. The summed E-state index contributed by atoms with van der Waals surface area (Å²) in [6.45, 7) is 3.45. The Morgan fingerprint density at radius 1 is 1.44 bits per heavy atom. The van der Waals surface area contributed by atoms with E-state index < -0.39 is 0 Å². The first-order valence-electron chi connectivity index (χ1n) is 6.78. The Balaban J connectivity index is 2.06. The topological polar surface area (TPSA) is 21.3 Å². The van der Waals surface area contributed by atoms with Gasteiger partial charge < -0.3 is 10.1 Å². The molecular formula is C15H22BrNO. The van der Waals surface area contributed by atoms with E-state index in [0.29, 0.717) is 6.04 Å². The summed E-state index contributed by atoms with van der Waals surface area (Å²) in [6, 6.07) is 6.84. The number of benzene rings is 1. The van der Waals surface area contributed by atoms with Crippen LogP contribution in [-0.4, -0.2) is 19.7 Å². The maximum atomic E-state index is 5.45. The molecule has 1 saturated heterocycles. The van der Waals surface area contributed by atoms with Crippen molar-refractivity contribution in [3.05, 3.63) is 28.2 Å². The van der Waals surface area contributed by atoms with Gasteiger partial charge in [-0.25, -0.2) is 0 Å². The highest BCUT2D eigenvalue weighted by Crippen LogP contribution is 2.27. The molecule has 0 saturated carbocycles. The maximum absolute atomic E-state index is 5.45. The minimum Gasteiger partial charge on any atom is -0.496 e. The minimum atomic E-state index is 0.590. The number of hydrogen-bond acceptors (Lipinski definition) is 2. The van der Waals surface area contributed by atoms with Crippen molar-refractivity contribution in [3.8, 4) is 5.75 Å². The Morgan fingerprint density at radius 3 is 3.00 bits per heavy atom. The van der Waals surface area contributed by atoms with Crippen LogP contribution in [0.2, 0.25) is 0 Å². The van der Waals surface area contributed by atoms with Crippen molar-refractivity contribution in [2.24, 2.45) is 5.92 Å². The smallest absolute Gasteiger partial charge is 0.122 e. The van der Waals surface area contributed by atoms with Gasteiger partial charge in [0.15, 0.2) is 0 Å². The highest BCUT2D eigenvalue weighted by Gasteiger charge is 2.21. The van der Waals surface area contributed by atoms with E-state index in [9.17, 15) is 0 Å². The zero-order chi connectivity index (χ0) is 13.0. The van der Waals surface area contributed by atoms with E-state index in [2.05, 4.69) is 34.2 Å². The zero-order valence-corrected chi connectivity index (χ0v) is 12.8. The number of nitrogens with one attached hydrogen (secondary N) is 1. The molecule has 3 heteroatoms. The highest BCUT2D eigenvalue weighted by atomic mass is 79.9. The zero-order valence-electron chi connectivity index (χ0n) is 11.2. The van der Waals surface area contributed by atoms with Crippen molar-refractivity contribution in [3.63, 3.8) is 0 Å². The first kappa shape index (κ1) is 13.9. The Bertz CT molecular complexity index is 394. The Kier molecular flexibility index (Phi) is 5.07. The van der Waals surface area contributed by atoms with Gasteiger partial charge in [0.1, 0.15) is 5.75 Å². The maximum Gasteiger partial charge on any atom is 0.122 e. The first-order valence-corrected chi connectivity index (χ1v) is 7.58. The fourth-order valence-corrected chi connectivity index (χ4v) is 3.20. The molecule has 0 radical (unpaired) electrons. The number of halogens is 1. The molecule has 1 heterocycles. The number of hydrogen-bond donors (Lipinski definition) is 1. The largest absolute Gasteiger partial charge is 0.496 e. The standard InChI is InChI=1S/C15H22BrNO/c1-3-11-6-7-17-14(8-11)10-12-9-13(16)4-5-15(12)18-2/h4-5,9,11,14,17H,3,6-8,10H2,1-2H3. The van der Waals surface area contributed by atoms with E-state index in [1.54, 1.807) is 7.11 Å². The summed E-state index contributed by atoms with van der Waals surface area (Å²) in [5.41, 5.74) is 1.29. The average Bonchev–Trinajstić information content (AvgIpc) is 2.39. The van der Waals surface area contributed by atoms with Gasteiger partial charge in [-0.05, 0) is 55.5 Å². The summed E-state index contributed by atoms with van der Waals surface area (Å²) in [5.74, 6) is 1.88.